The van der Waals surface area contributed by atoms with Gasteiger partial charge in [0.25, 0.3) is 0 Å². The van der Waals surface area contributed by atoms with Crippen LogP contribution in [0.2, 0.25) is 0 Å². The molecule has 2 fully saturated rings. The number of furan rings is 1. The molecule has 0 bridgehead atoms. The molecule has 3 atom stereocenters. The lowest BCUT2D eigenvalue weighted by Gasteiger charge is -2.26. The number of hydrogen-bond donors (Lipinski definition) is 1. The predicted octanol–water partition coefficient (Wildman–Crippen LogP) is 4.10. The smallest absolute Gasteiger partial charge is 0.223 e. The van der Waals surface area contributed by atoms with Gasteiger partial charge in [-0.2, -0.15) is 0 Å². The molecule has 1 aromatic heterocycles. The van der Waals surface area contributed by atoms with Crippen molar-refractivity contribution in [3.8, 4) is 0 Å². The molecule has 2 heterocycles. The Labute approximate surface area is 156 Å². The van der Waals surface area contributed by atoms with Gasteiger partial charge in [0.15, 0.2) is 0 Å². The Kier molecular flexibility index (Phi) is 4.95. The van der Waals surface area contributed by atoms with Gasteiger partial charge in [-0.3, -0.25) is 9.69 Å². The van der Waals surface area contributed by atoms with Gasteiger partial charge in [-0.1, -0.05) is 28.1 Å². The predicted molar refractivity (Wildman–Crippen MR) is 100 cm³/mol. The Balaban J connectivity index is 1.35. The van der Waals surface area contributed by atoms with E-state index >= 15 is 0 Å². The molecule has 1 saturated heterocycles. The second kappa shape index (κ2) is 7.34. The number of likely N-dealkylation sites (tertiary alicyclic amines) is 1. The van der Waals surface area contributed by atoms with Crippen LogP contribution in [0.3, 0.4) is 0 Å². The topological polar surface area (TPSA) is 45.5 Å². The summed E-state index contributed by atoms with van der Waals surface area (Å²) in [6.07, 6.45) is 5.10. The third-order valence-corrected chi connectivity index (χ3v) is 5.88. The van der Waals surface area contributed by atoms with Crippen LogP contribution in [0.15, 0.2) is 51.6 Å². The van der Waals surface area contributed by atoms with Crippen molar-refractivity contribution in [2.24, 2.45) is 5.92 Å². The molecule has 0 spiro atoms. The maximum Gasteiger partial charge on any atom is 0.223 e. The van der Waals surface area contributed by atoms with Crippen LogP contribution in [0.4, 0.5) is 0 Å². The molecule has 25 heavy (non-hydrogen) atoms. The average Bonchev–Trinajstić information content (AvgIpc) is 3.02. The van der Waals surface area contributed by atoms with Crippen molar-refractivity contribution < 1.29 is 9.21 Å². The van der Waals surface area contributed by atoms with Crippen molar-refractivity contribution in [3.05, 3.63) is 58.5 Å². The zero-order valence-electron chi connectivity index (χ0n) is 14.2. The number of amides is 1. The summed E-state index contributed by atoms with van der Waals surface area (Å²) in [5.41, 5.74) is 1.26. The summed E-state index contributed by atoms with van der Waals surface area (Å²) in [7, 11) is 0. The lowest BCUT2D eigenvalue weighted by Crippen LogP contribution is -2.37. The van der Waals surface area contributed by atoms with E-state index in [9.17, 15) is 4.79 Å². The van der Waals surface area contributed by atoms with E-state index in [0.29, 0.717) is 12.5 Å². The van der Waals surface area contributed by atoms with Crippen LogP contribution in [-0.2, 0) is 4.79 Å². The fraction of sp³-hybridized carbons (Fsp3) is 0.450. The molecule has 4 rings (SSSR count). The first-order valence-electron chi connectivity index (χ1n) is 9.03. The Morgan fingerprint density at radius 3 is 2.68 bits per heavy atom. The zero-order chi connectivity index (χ0) is 17.2. The Morgan fingerprint density at radius 2 is 2.00 bits per heavy atom. The molecule has 0 radical (unpaired) electrons. The molecular weight excluding hydrogens is 380 g/mol. The summed E-state index contributed by atoms with van der Waals surface area (Å²) in [5.74, 6) is 1.59. The lowest BCUT2D eigenvalue weighted by molar-refractivity contribution is -0.122. The summed E-state index contributed by atoms with van der Waals surface area (Å²) in [5, 5.41) is 3.17. The molecule has 3 unspecified atom stereocenters. The van der Waals surface area contributed by atoms with Crippen LogP contribution in [0, 0.1) is 5.92 Å². The number of carbonyl (C=O) groups excluding carboxylic acids is 1. The van der Waals surface area contributed by atoms with E-state index in [1.54, 1.807) is 6.26 Å². The first-order chi connectivity index (χ1) is 12.2. The van der Waals surface area contributed by atoms with Crippen LogP contribution in [0.25, 0.3) is 0 Å². The number of halogens is 1. The van der Waals surface area contributed by atoms with Crippen molar-refractivity contribution in [3.63, 3.8) is 0 Å². The molecule has 2 aromatic rings. The normalized spacial score (nSPS) is 24.2. The fourth-order valence-corrected chi connectivity index (χ4v) is 4.10. The minimum absolute atomic E-state index is 0.108. The van der Waals surface area contributed by atoms with E-state index in [0.717, 1.165) is 29.7 Å². The molecule has 1 aromatic carbocycles. The standard InChI is InChI=1S/C20H23BrN2O2/c21-15-7-5-14(6-8-15)16-12-17(16)20(24)22-13-18(19-4-3-11-25-19)23-9-1-2-10-23/h3-8,11,16-18H,1-2,9-10,12-13H2,(H,22,24). The highest BCUT2D eigenvalue weighted by Gasteiger charge is 2.44. The van der Waals surface area contributed by atoms with Gasteiger partial charge in [0.2, 0.25) is 5.91 Å². The van der Waals surface area contributed by atoms with Gasteiger partial charge in [-0.05, 0) is 68.1 Å². The quantitative estimate of drug-likeness (QED) is 0.790. The van der Waals surface area contributed by atoms with Crippen LogP contribution in [0.5, 0.6) is 0 Å². The molecular formula is C20H23BrN2O2. The van der Waals surface area contributed by atoms with Crippen LogP contribution in [0.1, 0.15) is 42.5 Å². The van der Waals surface area contributed by atoms with Crippen LogP contribution < -0.4 is 5.32 Å². The fourth-order valence-electron chi connectivity index (χ4n) is 3.84. The maximum atomic E-state index is 12.6. The Bertz CT molecular complexity index is 708. The second-order valence-electron chi connectivity index (χ2n) is 7.02. The molecule has 132 valence electrons. The van der Waals surface area contributed by atoms with Crippen LogP contribution in [-0.4, -0.2) is 30.4 Å². The minimum atomic E-state index is 0.108. The number of carbonyl (C=O) groups is 1. The highest BCUT2D eigenvalue weighted by Crippen LogP contribution is 2.47. The van der Waals surface area contributed by atoms with Gasteiger partial charge >= 0.3 is 0 Å². The van der Waals surface area contributed by atoms with E-state index in [1.165, 1.54) is 18.4 Å². The van der Waals surface area contributed by atoms with Crippen molar-refractivity contribution in [2.75, 3.05) is 19.6 Å². The van der Waals surface area contributed by atoms with Crippen molar-refractivity contribution in [2.45, 2.75) is 31.2 Å². The summed E-state index contributed by atoms with van der Waals surface area (Å²) < 4.78 is 6.69. The van der Waals surface area contributed by atoms with E-state index in [-0.39, 0.29) is 17.9 Å². The van der Waals surface area contributed by atoms with Gasteiger partial charge < -0.3 is 9.73 Å². The van der Waals surface area contributed by atoms with Gasteiger partial charge in [-0.15, -0.1) is 0 Å². The average molecular weight is 403 g/mol. The molecule has 1 amide bonds. The molecule has 4 nitrogen and oxygen atoms in total. The molecule has 1 aliphatic heterocycles. The summed E-state index contributed by atoms with van der Waals surface area (Å²) in [6.45, 7) is 2.77. The number of hydrogen-bond acceptors (Lipinski definition) is 3. The largest absolute Gasteiger partial charge is 0.468 e. The van der Waals surface area contributed by atoms with E-state index in [4.69, 9.17) is 4.42 Å². The molecule has 2 aliphatic rings. The van der Waals surface area contributed by atoms with Crippen molar-refractivity contribution in [1.82, 2.24) is 10.2 Å². The van der Waals surface area contributed by atoms with Crippen molar-refractivity contribution in [1.29, 1.82) is 0 Å². The third kappa shape index (κ3) is 3.82. The maximum absolute atomic E-state index is 12.6. The third-order valence-electron chi connectivity index (χ3n) is 5.35. The van der Waals surface area contributed by atoms with E-state index in [2.05, 4.69) is 38.3 Å². The Morgan fingerprint density at radius 1 is 1.24 bits per heavy atom. The summed E-state index contributed by atoms with van der Waals surface area (Å²) in [4.78, 5) is 15.0. The number of rotatable bonds is 6. The van der Waals surface area contributed by atoms with Crippen LogP contribution >= 0.6 is 15.9 Å². The summed E-state index contributed by atoms with van der Waals surface area (Å²) >= 11 is 3.46. The lowest BCUT2D eigenvalue weighted by atomic mass is 10.1. The van der Waals surface area contributed by atoms with E-state index in [1.807, 2.05) is 24.3 Å². The summed E-state index contributed by atoms with van der Waals surface area (Å²) in [6, 6.07) is 12.4. The SMILES string of the molecule is O=C(NCC(c1ccco1)N1CCCC1)C1CC1c1ccc(Br)cc1. The molecule has 1 N–H and O–H groups in total. The highest BCUT2D eigenvalue weighted by molar-refractivity contribution is 9.10. The van der Waals surface area contributed by atoms with E-state index < -0.39 is 0 Å². The monoisotopic (exact) mass is 402 g/mol. The first-order valence-corrected chi connectivity index (χ1v) is 9.82. The number of nitrogens with zero attached hydrogens (tertiary/aromatic N) is 1. The number of benzene rings is 1. The van der Waals surface area contributed by atoms with Gasteiger partial charge in [0.1, 0.15) is 5.76 Å². The molecule has 1 saturated carbocycles. The first kappa shape index (κ1) is 16.9. The zero-order valence-corrected chi connectivity index (χ0v) is 15.7. The second-order valence-corrected chi connectivity index (χ2v) is 7.94. The van der Waals surface area contributed by atoms with Gasteiger partial charge in [-0.25, -0.2) is 0 Å². The highest BCUT2D eigenvalue weighted by atomic mass is 79.9. The van der Waals surface area contributed by atoms with Gasteiger partial charge in [0.05, 0.1) is 12.3 Å². The number of nitrogens with one attached hydrogen (secondary N) is 1. The minimum Gasteiger partial charge on any atom is -0.468 e. The molecule has 1 aliphatic carbocycles. The Hall–Kier alpha value is -1.59. The van der Waals surface area contributed by atoms with Crippen molar-refractivity contribution >= 4 is 21.8 Å². The van der Waals surface area contributed by atoms with Gasteiger partial charge in [0, 0.05) is 16.9 Å². The molecule has 5 heteroatoms.